The zero-order chi connectivity index (χ0) is 48.7. The Morgan fingerprint density at radius 2 is 0.957 bits per heavy atom. The third-order valence-electron chi connectivity index (χ3n) is 8.73. The first kappa shape index (κ1) is 58.9. The average molecular weight is 983 g/mol. The molecule has 0 bridgehead atoms. The molecule has 2 aromatic heterocycles. The van der Waals surface area contributed by atoms with Crippen molar-refractivity contribution < 1.29 is 72.4 Å². The van der Waals surface area contributed by atoms with Gasteiger partial charge in [-0.1, -0.05) is 56.0 Å². The summed E-state index contributed by atoms with van der Waals surface area (Å²) >= 11 is 3.12. The minimum atomic E-state index is -1.04. The molecule has 0 saturated carbocycles. The summed E-state index contributed by atoms with van der Waals surface area (Å²) in [7, 11) is 1.31. The van der Waals surface area contributed by atoms with Gasteiger partial charge in [0, 0.05) is 21.9 Å². The van der Waals surface area contributed by atoms with Gasteiger partial charge in [0.05, 0.1) is 41.0 Å². The van der Waals surface area contributed by atoms with E-state index in [1.807, 2.05) is 47.2 Å². The largest absolute Gasteiger partial charge is 1.00 e. The van der Waals surface area contributed by atoms with Crippen LogP contribution in [-0.2, 0) is 23.8 Å². The number of aromatic carboxylic acids is 1. The number of methoxy groups -OCH3 is 1. The summed E-state index contributed by atoms with van der Waals surface area (Å²) in [4.78, 5) is 74.8. The van der Waals surface area contributed by atoms with Gasteiger partial charge in [-0.05, 0) is 147 Å². The number of rotatable bonds is 12. The van der Waals surface area contributed by atoms with Gasteiger partial charge in [0.1, 0.15) is 11.2 Å². The van der Waals surface area contributed by atoms with Crippen molar-refractivity contribution in [2.75, 3.05) is 28.4 Å². The number of ether oxygens (including phenoxy) is 3. The van der Waals surface area contributed by atoms with Crippen molar-refractivity contribution in [2.24, 2.45) is 0 Å². The van der Waals surface area contributed by atoms with E-state index >= 15 is 0 Å². The molecule has 18 heteroatoms. The second-order valence-corrected chi connectivity index (χ2v) is 18.3. The van der Waals surface area contributed by atoms with Crippen LogP contribution in [0.25, 0.3) is 33.0 Å². The van der Waals surface area contributed by atoms with Crippen LogP contribution in [0.2, 0.25) is 0 Å². The van der Waals surface area contributed by atoms with Gasteiger partial charge in [-0.2, -0.15) is 0 Å². The van der Waals surface area contributed by atoms with Crippen molar-refractivity contribution in [3.05, 3.63) is 154 Å². The van der Waals surface area contributed by atoms with Crippen LogP contribution in [0.15, 0.2) is 132 Å². The maximum absolute atomic E-state index is 12.7. The fourth-order valence-electron chi connectivity index (χ4n) is 5.89. The molecule has 4 amide bonds. The Kier molecular flexibility index (Phi) is 22.8. The van der Waals surface area contributed by atoms with Crippen molar-refractivity contribution >= 4 is 93.5 Å². The van der Waals surface area contributed by atoms with E-state index in [0.717, 1.165) is 20.9 Å². The van der Waals surface area contributed by atoms with Crippen molar-refractivity contribution in [3.8, 4) is 20.9 Å². The predicted octanol–water partition coefficient (Wildman–Crippen LogP) is 9.78. The van der Waals surface area contributed by atoms with E-state index in [-0.39, 0.29) is 37.3 Å². The van der Waals surface area contributed by atoms with Crippen LogP contribution in [0.3, 0.4) is 0 Å². The van der Waals surface area contributed by atoms with Crippen LogP contribution in [-0.4, -0.2) is 64.8 Å². The summed E-state index contributed by atoms with van der Waals surface area (Å²) in [6.45, 7) is 10.6. The Morgan fingerprint density at radius 3 is 1.33 bits per heavy atom. The number of hydrogen-bond acceptors (Lipinski definition) is 12. The van der Waals surface area contributed by atoms with Crippen molar-refractivity contribution in [1.29, 1.82) is 0 Å². The summed E-state index contributed by atoms with van der Waals surface area (Å²) in [5.41, 5.74) is 3.83. The van der Waals surface area contributed by atoms with Gasteiger partial charge >= 0.3 is 43.0 Å². The van der Waals surface area contributed by atoms with E-state index in [1.165, 1.54) is 37.5 Å². The number of carbonyl (C=O) groups is 6. The monoisotopic (exact) mass is 982 g/mol. The fourth-order valence-corrected chi connectivity index (χ4v) is 7.34. The SMILES string of the molecule is C.CC(C)(C)OC(=O)Nc1ccc(-c2cccs2)cc1NC(=O)/C=C/c1cccc(C(=O)O)c1.COC(=O)c1cccc(/C=C/C(=O)Nc2cc(-c3cccs3)ccc2NC(=O)OC(C)(C)C)c1.[Li+].[OH-]. The predicted molar refractivity (Wildman–Crippen MR) is 274 cm³/mol. The number of thiophene rings is 2. The van der Waals surface area contributed by atoms with Gasteiger partial charge in [-0.3, -0.25) is 20.2 Å². The van der Waals surface area contributed by atoms with Crippen LogP contribution in [0.4, 0.5) is 32.3 Å². The zero-order valence-electron chi connectivity index (χ0n) is 39.2. The number of carboxylic acid groups (broad SMARTS) is 1. The number of carboxylic acids is 1. The summed E-state index contributed by atoms with van der Waals surface area (Å²) in [5.74, 6) is -2.34. The second-order valence-electron chi connectivity index (χ2n) is 16.4. The molecule has 0 aliphatic rings. The van der Waals surface area contributed by atoms with Gasteiger partial charge in [-0.15, -0.1) is 22.7 Å². The van der Waals surface area contributed by atoms with Crippen LogP contribution in [0, 0.1) is 0 Å². The zero-order valence-corrected chi connectivity index (χ0v) is 40.9. The molecule has 6 rings (SSSR count). The molecular weight excluding hydrogens is 928 g/mol. The normalized spacial score (nSPS) is 10.7. The Morgan fingerprint density at radius 1 is 0.543 bits per heavy atom. The molecule has 362 valence electrons. The first-order valence-corrected chi connectivity index (χ1v) is 22.4. The summed E-state index contributed by atoms with van der Waals surface area (Å²) in [6.07, 6.45) is 4.50. The standard InChI is InChI=1S/C26H26N2O5S.C25H24N2O5S.CH4.Li.H2O/c1-26(2,3)33-25(31)28-20-12-11-18(22-9-6-14-34-22)16-21(20)27-23(29)13-10-17-7-5-8-19(15-17)24(30)32-4;1-25(2,3)32-24(31)27-19-11-10-17(21-8-5-13-33-21)15-20(19)26-22(28)12-9-16-6-4-7-18(14-16)23(29)30;;;/h5-16H,1-4H3,(H,27,29)(H,28,31);4-15H,1-3H3,(H,26,28)(H,27,31)(H,29,30);1H4;;1H2/q;;;+1;/p-1/b13-10+;12-9+;;;. The minimum absolute atomic E-state index is 0. The Bertz CT molecular complexity index is 2800. The second kappa shape index (κ2) is 27.1. The molecule has 0 aliphatic carbocycles. The number of benzene rings is 4. The Labute approximate surface area is 427 Å². The van der Waals surface area contributed by atoms with Gasteiger partial charge in [0.2, 0.25) is 11.8 Å². The van der Waals surface area contributed by atoms with Gasteiger partial charge < -0.3 is 35.4 Å². The molecule has 0 saturated heterocycles. The average Bonchev–Trinajstić information content (AvgIpc) is 4.02. The Hall–Kier alpha value is -7.26. The molecule has 0 aliphatic heterocycles. The van der Waals surface area contributed by atoms with E-state index in [0.29, 0.717) is 39.4 Å². The topological polar surface area (TPSA) is 228 Å². The van der Waals surface area contributed by atoms with E-state index < -0.39 is 47.1 Å². The molecule has 6 N–H and O–H groups in total. The molecule has 70 heavy (non-hydrogen) atoms. The van der Waals surface area contributed by atoms with Crippen molar-refractivity contribution in [2.45, 2.75) is 60.2 Å². The van der Waals surface area contributed by atoms with Crippen LogP contribution in [0.1, 0.15) is 80.8 Å². The molecule has 2 heterocycles. The molecule has 0 fully saturated rings. The van der Waals surface area contributed by atoms with Crippen LogP contribution >= 0.6 is 22.7 Å². The number of anilines is 4. The molecule has 6 aromatic rings. The fraction of sp³-hybridized carbons (Fsp3) is 0.192. The smallest absolute Gasteiger partial charge is 0.870 e. The van der Waals surface area contributed by atoms with Crippen LogP contribution in [0.5, 0.6) is 0 Å². The van der Waals surface area contributed by atoms with E-state index in [4.69, 9.17) is 19.3 Å². The minimum Gasteiger partial charge on any atom is -0.870 e. The molecule has 0 radical (unpaired) electrons. The summed E-state index contributed by atoms with van der Waals surface area (Å²) in [6, 6.07) is 31.5. The number of nitrogens with one attached hydrogen (secondary N) is 4. The number of hydrogen-bond donors (Lipinski definition) is 5. The first-order valence-electron chi connectivity index (χ1n) is 20.6. The van der Waals surface area contributed by atoms with E-state index in [2.05, 4.69) is 21.3 Å². The number of esters is 1. The quantitative estimate of drug-likeness (QED) is 0.0335. The molecule has 15 nitrogen and oxygen atoms in total. The van der Waals surface area contributed by atoms with E-state index in [9.17, 15) is 28.8 Å². The van der Waals surface area contributed by atoms with Gasteiger partial charge in [0.15, 0.2) is 0 Å². The van der Waals surface area contributed by atoms with Crippen molar-refractivity contribution in [1.82, 2.24) is 0 Å². The van der Waals surface area contributed by atoms with Crippen molar-refractivity contribution in [3.63, 3.8) is 0 Å². The molecule has 0 atom stereocenters. The summed E-state index contributed by atoms with van der Waals surface area (Å²) in [5, 5.41) is 24.0. The molecule has 0 unspecified atom stereocenters. The van der Waals surface area contributed by atoms with E-state index in [1.54, 1.807) is 131 Å². The Balaban J connectivity index is 0.000000461. The number of carbonyl (C=O) groups excluding carboxylic acids is 5. The maximum Gasteiger partial charge on any atom is 1.00 e. The third-order valence-corrected chi connectivity index (χ3v) is 10.6. The maximum atomic E-state index is 12.7. The third kappa shape index (κ3) is 19.0. The molecule has 4 aromatic carbocycles. The molecule has 0 spiro atoms. The first-order chi connectivity index (χ1) is 31.7. The van der Waals surface area contributed by atoms with Gasteiger partial charge in [0.25, 0.3) is 0 Å². The number of amides is 4. The van der Waals surface area contributed by atoms with Crippen LogP contribution < -0.4 is 40.1 Å². The summed E-state index contributed by atoms with van der Waals surface area (Å²) < 4.78 is 15.4. The van der Waals surface area contributed by atoms with Gasteiger partial charge in [-0.25, -0.2) is 19.2 Å². The molecular formula is C52H55LiN4O11S2.